The van der Waals surface area contributed by atoms with E-state index in [2.05, 4.69) is 16.3 Å². The largest absolute Gasteiger partial charge is 0.464 e. The number of esters is 1. The van der Waals surface area contributed by atoms with Crippen molar-refractivity contribution in [3.8, 4) is 0 Å². The number of hydrogen-bond acceptors (Lipinski definition) is 4. The quantitative estimate of drug-likeness (QED) is 0.593. The Morgan fingerprint density at radius 2 is 2.47 bits per heavy atom. The molecule has 0 aliphatic heterocycles. The molecule has 0 spiro atoms. The fourth-order valence-electron chi connectivity index (χ4n) is 1.24. The zero-order chi connectivity index (χ0) is 11.3. The number of rotatable bonds is 4. The molecule has 1 N–H and O–H groups in total. The van der Waals surface area contributed by atoms with Gasteiger partial charge in [0.2, 0.25) is 0 Å². The Morgan fingerprint density at radius 3 is 3.00 bits per heavy atom. The molecule has 0 unspecified atom stereocenters. The number of nitrogens with zero attached hydrogens (tertiary/aromatic N) is 1. The van der Waals surface area contributed by atoms with Gasteiger partial charge >= 0.3 is 5.97 Å². The SMILES string of the molecule is C=CCc1cc(CO)cnc1C(=O)OC. The Hall–Kier alpha value is -1.68. The zero-order valence-electron chi connectivity index (χ0n) is 8.56. The monoisotopic (exact) mass is 207 g/mol. The number of pyridine rings is 1. The number of methoxy groups -OCH3 is 1. The van der Waals surface area contributed by atoms with E-state index in [0.717, 1.165) is 0 Å². The van der Waals surface area contributed by atoms with Crippen LogP contribution in [0.3, 0.4) is 0 Å². The average molecular weight is 207 g/mol. The maximum Gasteiger partial charge on any atom is 0.356 e. The summed E-state index contributed by atoms with van der Waals surface area (Å²) in [5.74, 6) is -0.476. The van der Waals surface area contributed by atoms with Gasteiger partial charge in [0, 0.05) is 6.20 Å². The molecule has 0 aliphatic carbocycles. The second kappa shape index (κ2) is 5.26. The number of aromatic nitrogens is 1. The number of ether oxygens (including phenoxy) is 1. The molecule has 1 aromatic rings. The number of aliphatic hydroxyl groups excluding tert-OH is 1. The van der Waals surface area contributed by atoms with E-state index in [1.54, 1.807) is 12.1 Å². The standard InChI is InChI=1S/C11H13NO3/c1-3-4-9-5-8(7-13)6-12-10(9)11(14)15-2/h3,5-6,13H,1,4,7H2,2H3. The average Bonchev–Trinajstić information content (AvgIpc) is 2.28. The lowest BCUT2D eigenvalue weighted by atomic mass is 10.1. The van der Waals surface area contributed by atoms with Crippen LogP contribution in [0.4, 0.5) is 0 Å². The summed E-state index contributed by atoms with van der Waals surface area (Å²) in [7, 11) is 1.31. The molecule has 15 heavy (non-hydrogen) atoms. The van der Waals surface area contributed by atoms with Gasteiger partial charge in [-0.15, -0.1) is 6.58 Å². The third-order valence-electron chi connectivity index (χ3n) is 1.95. The minimum Gasteiger partial charge on any atom is -0.464 e. The van der Waals surface area contributed by atoms with E-state index < -0.39 is 5.97 Å². The van der Waals surface area contributed by atoms with Crippen LogP contribution >= 0.6 is 0 Å². The molecule has 0 fully saturated rings. The molecule has 0 amide bonds. The lowest BCUT2D eigenvalue weighted by Gasteiger charge is -2.06. The normalized spacial score (nSPS) is 9.73. The van der Waals surface area contributed by atoms with Crippen LogP contribution in [0.25, 0.3) is 0 Å². The summed E-state index contributed by atoms with van der Waals surface area (Å²) in [5.41, 5.74) is 1.65. The highest BCUT2D eigenvalue weighted by Crippen LogP contribution is 2.11. The van der Waals surface area contributed by atoms with Crippen molar-refractivity contribution in [1.82, 2.24) is 4.98 Å². The Kier molecular flexibility index (Phi) is 4.00. The molecule has 0 bridgehead atoms. The van der Waals surface area contributed by atoms with Gasteiger partial charge in [0.15, 0.2) is 5.69 Å². The maximum atomic E-state index is 11.3. The van der Waals surface area contributed by atoms with Crippen LogP contribution in [0, 0.1) is 0 Å². The first kappa shape index (κ1) is 11.4. The van der Waals surface area contributed by atoms with E-state index >= 15 is 0 Å². The van der Waals surface area contributed by atoms with Crippen molar-refractivity contribution in [1.29, 1.82) is 0 Å². The third kappa shape index (κ3) is 2.63. The molecule has 1 rings (SSSR count). The smallest absolute Gasteiger partial charge is 0.356 e. The molecule has 0 atom stereocenters. The van der Waals surface area contributed by atoms with E-state index in [1.165, 1.54) is 13.3 Å². The molecular weight excluding hydrogens is 194 g/mol. The fraction of sp³-hybridized carbons (Fsp3) is 0.273. The molecule has 0 aliphatic rings. The molecule has 1 heterocycles. The van der Waals surface area contributed by atoms with Gasteiger partial charge in [-0.05, 0) is 23.6 Å². The molecule has 0 aromatic carbocycles. The van der Waals surface area contributed by atoms with Gasteiger partial charge < -0.3 is 9.84 Å². The zero-order valence-corrected chi connectivity index (χ0v) is 8.56. The lowest BCUT2D eigenvalue weighted by Crippen LogP contribution is -2.09. The van der Waals surface area contributed by atoms with Crippen molar-refractivity contribution >= 4 is 5.97 Å². The van der Waals surface area contributed by atoms with Crippen molar-refractivity contribution < 1.29 is 14.6 Å². The maximum absolute atomic E-state index is 11.3. The molecule has 0 saturated carbocycles. The summed E-state index contributed by atoms with van der Waals surface area (Å²) in [6, 6.07) is 1.72. The molecule has 4 nitrogen and oxygen atoms in total. The minimum atomic E-state index is -0.476. The van der Waals surface area contributed by atoms with E-state index in [9.17, 15) is 4.79 Å². The van der Waals surface area contributed by atoms with Gasteiger partial charge in [0.1, 0.15) is 0 Å². The summed E-state index contributed by atoms with van der Waals surface area (Å²) in [6.07, 6.45) is 3.65. The Balaban J connectivity index is 3.13. The summed E-state index contributed by atoms with van der Waals surface area (Å²) in [4.78, 5) is 15.3. The van der Waals surface area contributed by atoms with Gasteiger partial charge in [0.25, 0.3) is 0 Å². The van der Waals surface area contributed by atoms with Crippen LogP contribution in [0.5, 0.6) is 0 Å². The molecule has 4 heteroatoms. The topological polar surface area (TPSA) is 59.4 Å². The number of carbonyl (C=O) groups is 1. The van der Waals surface area contributed by atoms with Crippen LogP contribution < -0.4 is 0 Å². The predicted octanol–water partition coefficient (Wildman–Crippen LogP) is 1.09. The summed E-state index contributed by atoms with van der Waals surface area (Å²) < 4.78 is 4.60. The van der Waals surface area contributed by atoms with E-state index in [4.69, 9.17) is 5.11 Å². The predicted molar refractivity (Wildman–Crippen MR) is 55.4 cm³/mol. The van der Waals surface area contributed by atoms with Gasteiger partial charge in [0.05, 0.1) is 13.7 Å². The Morgan fingerprint density at radius 1 is 1.73 bits per heavy atom. The summed E-state index contributed by atoms with van der Waals surface area (Å²) >= 11 is 0. The van der Waals surface area contributed by atoms with Crippen LogP contribution in [0.15, 0.2) is 24.9 Å². The number of carbonyl (C=O) groups excluding carboxylic acids is 1. The van der Waals surface area contributed by atoms with Crippen LogP contribution in [-0.4, -0.2) is 23.2 Å². The molecule has 0 saturated heterocycles. The lowest BCUT2D eigenvalue weighted by molar-refractivity contribution is 0.0592. The molecule has 0 radical (unpaired) electrons. The second-order valence-corrected chi connectivity index (χ2v) is 2.99. The highest BCUT2D eigenvalue weighted by Gasteiger charge is 2.12. The van der Waals surface area contributed by atoms with Gasteiger partial charge in [-0.3, -0.25) is 0 Å². The number of aliphatic hydroxyl groups is 1. The highest BCUT2D eigenvalue weighted by atomic mass is 16.5. The van der Waals surface area contributed by atoms with Crippen LogP contribution in [0.1, 0.15) is 21.6 Å². The second-order valence-electron chi connectivity index (χ2n) is 2.99. The van der Waals surface area contributed by atoms with Crippen molar-refractivity contribution in [3.05, 3.63) is 41.7 Å². The number of allylic oxidation sites excluding steroid dienone is 1. The fourth-order valence-corrected chi connectivity index (χ4v) is 1.24. The summed E-state index contributed by atoms with van der Waals surface area (Å²) in [6.45, 7) is 3.50. The summed E-state index contributed by atoms with van der Waals surface area (Å²) in [5, 5.41) is 8.93. The molecular formula is C11H13NO3. The number of hydrogen-bond donors (Lipinski definition) is 1. The van der Waals surface area contributed by atoms with Gasteiger partial charge in [-0.1, -0.05) is 6.08 Å². The van der Waals surface area contributed by atoms with Crippen LogP contribution in [0.2, 0.25) is 0 Å². The van der Waals surface area contributed by atoms with Crippen molar-refractivity contribution in [2.45, 2.75) is 13.0 Å². The van der Waals surface area contributed by atoms with Gasteiger partial charge in [-0.2, -0.15) is 0 Å². The Labute approximate surface area is 88.2 Å². The molecule has 80 valence electrons. The van der Waals surface area contributed by atoms with Crippen molar-refractivity contribution in [2.75, 3.05) is 7.11 Å². The van der Waals surface area contributed by atoms with Crippen molar-refractivity contribution in [2.24, 2.45) is 0 Å². The first-order valence-corrected chi connectivity index (χ1v) is 4.50. The van der Waals surface area contributed by atoms with Gasteiger partial charge in [-0.25, -0.2) is 9.78 Å². The van der Waals surface area contributed by atoms with Crippen molar-refractivity contribution in [3.63, 3.8) is 0 Å². The minimum absolute atomic E-state index is 0.0986. The Bertz CT molecular complexity index is 374. The first-order valence-electron chi connectivity index (χ1n) is 4.50. The van der Waals surface area contributed by atoms with E-state index in [-0.39, 0.29) is 12.3 Å². The van der Waals surface area contributed by atoms with E-state index in [1.807, 2.05) is 0 Å². The van der Waals surface area contributed by atoms with E-state index in [0.29, 0.717) is 17.5 Å². The molecule has 1 aromatic heterocycles. The first-order chi connectivity index (χ1) is 7.22. The van der Waals surface area contributed by atoms with Crippen LogP contribution in [-0.2, 0) is 17.8 Å². The third-order valence-corrected chi connectivity index (χ3v) is 1.95. The highest BCUT2D eigenvalue weighted by molar-refractivity contribution is 5.88.